The summed E-state index contributed by atoms with van der Waals surface area (Å²) in [5, 5.41) is 0. The molecule has 0 unspecified atom stereocenters. The Morgan fingerprint density at radius 2 is 1.65 bits per heavy atom. The van der Waals surface area contributed by atoms with Crippen LogP contribution in [-0.4, -0.2) is 8.42 Å². The van der Waals surface area contributed by atoms with E-state index >= 15 is 0 Å². The number of nitrogen functional groups attached to an aromatic ring is 1. The molecule has 20 heavy (non-hydrogen) atoms. The first-order chi connectivity index (χ1) is 9.31. The third-order valence-corrected chi connectivity index (χ3v) is 4.73. The normalized spacial score (nSPS) is 11.3. The average molecular weight is 290 g/mol. The highest BCUT2D eigenvalue weighted by molar-refractivity contribution is 7.92. The van der Waals surface area contributed by atoms with Crippen LogP contribution < -0.4 is 10.5 Å². The van der Waals surface area contributed by atoms with Gasteiger partial charge in [0.15, 0.2) is 0 Å². The fourth-order valence-electron chi connectivity index (χ4n) is 1.90. The first-order valence-electron chi connectivity index (χ1n) is 6.26. The minimum atomic E-state index is -3.63. The SMILES string of the molecule is Cc1ccccc1NS(=O)(=O)c1cc(C)c(C)c(N)c1. The summed E-state index contributed by atoms with van der Waals surface area (Å²) >= 11 is 0. The highest BCUT2D eigenvalue weighted by Gasteiger charge is 2.17. The molecule has 3 N–H and O–H groups in total. The molecule has 2 aromatic carbocycles. The zero-order valence-corrected chi connectivity index (χ0v) is 12.6. The maximum Gasteiger partial charge on any atom is 0.261 e. The number of sulfonamides is 1. The molecule has 0 spiro atoms. The first kappa shape index (κ1) is 14.4. The summed E-state index contributed by atoms with van der Waals surface area (Å²) in [4.78, 5) is 0.182. The van der Waals surface area contributed by atoms with E-state index in [1.165, 1.54) is 6.07 Å². The van der Waals surface area contributed by atoms with Gasteiger partial charge in [0.25, 0.3) is 10.0 Å². The number of nitrogens with two attached hydrogens (primary N) is 1. The average Bonchev–Trinajstić information content (AvgIpc) is 2.38. The summed E-state index contributed by atoms with van der Waals surface area (Å²) in [5.41, 5.74) is 9.53. The van der Waals surface area contributed by atoms with Gasteiger partial charge in [-0.1, -0.05) is 18.2 Å². The molecule has 0 amide bonds. The van der Waals surface area contributed by atoms with Gasteiger partial charge in [-0.15, -0.1) is 0 Å². The highest BCUT2D eigenvalue weighted by Crippen LogP contribution is 2.24. The lowest BCUT2D eigenvalue weighted by Crippen LogP contribution is -2.14. The van der Waals surface area contributed by atoms with Gasteiger partial charge in [-0.3, -0.25) is 4.72 Å². The molecule has 0 saturated heterocycles. The minimum Gasteiger partial charge on any atom is -0.398 e. The number of rotatable bonds is 3. The van der Waals surface area contributed by atoms with Gasteiger partial charge in [-0.05, 0) is 55.7 Å². The maximum absolute atomic E-state index is 12.4. The van der Waals surface area contributed by atoms with Crippen molar-refractivity contribution in [2.24, 2.45) is 0 Å². The predicted molar refractivity (Wildman–Crippen MR) is 82.3 cm³/mol. The van der Waals surface area contributed by atoms with Gasteiger partial charge in [0.1, 0.15) is 0 Å². The number of nitrogens with one attached hydrogen (secondary N) is 1. The molecular formula is C15H18N2O2S. The van der Waals surface area contributed by atoms with Crippen LogP contribution in [0.3, 0.4) is 0 Å². The summed E-state index contributed by atoms with van der Waals surface area (Å²) in [6.45, 7) is 5.57. The Labute approximate surface area is 119 Å². The second-order valence-corrected chi connectivity index (χ2v) is 6.56. The van der Waals surface area contributed by atoms with Crippen LogP contribution in [0.25, 0.3) is 0 Å². The van der Waals surface area contributed by atoms with E-state index in [1.807, 2.05) is 32.9 Å². The van der Waals surface area contributed by atoms with Crippen LogP contribution in [0.2, 0.25) is 0 Å². The topological polar surface area (TPSA) is 72.2 Å². The molecule has 2 aromatic rings. The van der Waals surface area contributed by atoms with Gasteiger partial charge in [0.2, 0.25) is 0 Å². The second-order valence-electron chi connectivity index (χ2n) is 4.87. The number of anilines is 2. The van der Waals surface area contributed by atoms with Gasteiger partial charge >= 0.3 is 0 Å². The van der Waals surface area contributed by atoms with Gasteiger partial charge in [-0.25, -0.2) is 8.42 Å². The maximum atomic E-state index is 12.4. The summed E-state index contributed by atoms with van der Waals surface area (Å²) in [6.07, 6.45) is 0. The van der Waals surface area contributed by atoms with E-state index in [1.54, 1.807) is 18.2 Å². The molecule has 0 saturated carbocycles. The molecule has 4 nitrogen and oxygen atoms in total. The van der Waals surface area contributed by atoms with E-state index in [0.717, 1.165) is 16.7 Å². The summed E-state index contributed by atoms with van der Waals surface area (Å²) in [7, 11) is -3.63. The quantitative estimate of drug-likeness (QED) is 0.854. The number of benzene rings is 2. The number of aryl methyl sites for hydroxylation is 2. The molecule has 106 valence electrons. The summed E-state index contributed by atoms with van der Waals surface area (Å²) in [5.74, 6) is 0. The lowest BCUT2D eigenvalue weighted by atomic mass is 10.1. The van der Waals surface area contributed by atoms with Crippen molar-refractivity contribution in [1.82, 2.24) is 0 Å². The molecule has 0 fully saturated rings. The lowest BCUT2D eigenvalue weighted by molar-refractivity contribution is 0.601. The van der Waals surface area contributed by atoms with Crippen LogP contribution in [0, 0.1) is 20.8 Å². The van der Waals surface area contributed by atoms with Crippen molar-refractivity contribution in [3.63, 3.8) is 0 Å². The van der Waals surface area contributed by atoms with Crippen LogP contribution in [-0.2, 0) is 10.0 Å². The Bertz CT molecular complexity index is 729. The Balaban J connectivity index is 2.44. The third kappa shape index (κ3) is 2.77. The standard InChI is InChI=1S/C15H18N2O2S/c1-10-6-4-5-7-15(10)17-20(18,19)13-8-11(2)12(3)14(16)9-13/h4-9,17H,16H2,1-3H3. The van der Waals surface area contributed by atoms with Crippen LogP contribution >= 0.6 is 0 Å². The van der Waals surface area contributed by atoms with Crippen molar-refractivity contribution >= 4 is 21.4 Å². The Kier molecular flexibility index (Phi) is 3.72. The van der Waals surface area contributed by atoms with Gasteiger partial charge in [0, 0.05) is 5.69 Å². The van der Waals surface area contributed by atoms with Gasteiger partial charge in [-0.2, -0.15) is 0 Å². The molecule has 5 heteroatoms. The van der Waals surface area contributed by atoms with E-state index in [4.69, 9.17) is 5.73 Å². The summed E-state index contributed by atoms with van der Waals surface area (Å²) < 4.78 is 27.4. The van der Waals surface area contributed by atoms with E-state index in [9.17, 15) is 8.42 Å². The fourth-order valence-corrected chi connectivity index (χ4v) is 3.15. The minimum absolute atomic E-state index is 0.182. The molecule has 0 bridgehead atoms. The van der Waals surface area contributed by atoms with Crippen molar-refractivity contribution in [1.29, 1.82) is 0 Å². The molecule has 0 aromatic heterocycles. The second kappa shape index (κ2) is 5.17. The molecule has 0 radical (unpaired) electrons. The third-order valence-electron chi connectivity index (χ3n) is 3.38. The van der Waals surface area contributed by atoms with Crippen LogP contribution in [0.1, 0.15) is 16.7 Å². The summed E-state index contributed by atoms with van der Waals surface area (Å²) in [6, 6.07) is 10.4. The molecule has 0 heterocycles. The first-order valence-corrected chi connectivity index (χ1v) is 7.75. The molecule has 0 aliphatic rings. The van der Waals surface area contributed by atoms with Gasteiger partial charge < -0.3 is 5.73 Å². The zero-order valence-electron chi connectivity index (χ0n) is 11.8. The molecule has 0 aliphatic heterocycles. The van der Waals surface area contributed by atoms with Crippen molar-refractivity contribution < 1.29 is 8.42 Å². The van der Waals surface area contributed by atoms with Crippen molar-refractivity contribution in [2.45, 2.75) is 25.7 Å². The number of hydrogen-bond acceptors (Lipinski definition) is 3. The smallest absolute Gasteiger partial charge is 0.261 e. The Morgan fingerprint density at radius 1 is 1.00 bits per heavy atom. The number of para-hydroxylation sites is 1. The van der Waals surface area contributed by atoms with Crippen molar-refractivity contribution in [3.05, 3.63) is 53.1 Å². The van der Waals surface area contributed by atoms with Gasteiger partial charge in [0.05, 0.1) is 10.6 Å². The molecule has 2 rings (SSSR count). The predicted octanol–water partition coefficient (Wildman–Crippen LogP) is 2.99. The van der Waals surface area contributed by atoms with E-state index in [-0.39, 0.29) is 4.90 Å². The molecule has 0 atom stereocenters. The zero-order chi connectivity index (χ0) is 14.9. The fraction of sp³-hybridized carbons (Fsp3) is 0.200. The molecule has 0 aliphatic carbocycles. The van der Waals surface area contributed by atoms with Crippen LogP contribution in [0.5, 0.6) is 0 Å². The number of hydrogen-bond donors (Lipinski definition) is 2. The Hall–Kier alpha value is -2.01. The Morgan fingerprint density at radius 3 is 2.25 bits per heavy atom. The lowest BCUT2D eigenvalue weighted by Gasteiger charge is -2.13. The monoisotopic (exact) mass is 290 g/mol. The van der Waals surface area contributed by atoms with Crippen molar-refractivity contribution in [2.75, 3.05) is 10.5 Å². The van der Waals surface area contributed by atoms with Crippen LogP contribution in [0.4, 0.5) is 11.4 Å². The molecular weight excluding hydrogens is 272 g/mol. The van der Waals surface area contributed by atoms with E-state index < -0.39 is 10.0 Å². The van der Waals surface area contributed by atoms with Crippen LogP contribution in [0.15, 0.2) is 41.3 Å². The van der Waals surface area contributed by atoms with Crippen molar-refractivity contribution in [3.8, 4) is 0 Å². The van der Waals surface area contributed by atoms with E-state index in [2.05, 4.69) is 4.72 Å². The largest absolute Gasteiger partial charge is 0.398 e. The highest BCUT2D eigenvalue weighted by atomic mass is 32.2. The van der Waals surface area contributed by atoms with E-state index in [0.29, 0.717) is 11.4 Å².